The molecule has 1 aliphatic carbocycles. The van der Waals surface area contributed by atoms with Gasteiger partial charge < -0.3 is 10.4 Å². The van der Waals surface area contributed by atoms with Gasteiger partial charge in [0, 0.05) is 18.7 Å². The van der Waals surface area contributed by atoms with Gasteiger partial charge in [0.1, 0.15) is 0 Å². The first kappa shape index (κ1) is 15.3. The van der Waals surface area contributed by atoms with E-state index in [1.807, 2.05) is 0 Å². The number of benzene rings is 1. The minimum atomic E-state index is -0.540. The largest absolute Gasteiger partial charge is 0.505 e. The third kappa shape index (κ3) is 3.72. The maximum Gasteiger partial charge on any atom is 0.165 e. The summed E-state index contributed by atoms with van der Waals surface area (Å²) in [7, 11) is 0. The molecule has 0 spiro atoms. The van der Waals surface area contributed by atoms with Crippen molar-refractivity contribution in [3.63, 3.8) is 0 Å². The highest BCUT2D eigenvalue weighted by molar-refractivity contribution is 5.33. The molecule has 0 aliphatic heterocycles. The van der Waals surface area contributed by atoms with Crippen molar-refractivity contribution in [3.8, 4) is 5.75 Å². The number of hydrogen-bond acceptors (Lipinski definition) is 2. The molecule has 0 heterocycles. The average molecular weight is 279 g/mol. The van der Waals surface area contributed by atoms with Crippen LogP contribution < -0.4 is 5.32 Å². The van der Waals surface area contributed by atoms with E-state index < -0.39 is 5.82 Å². The zero-order valence-corrected chi connectivity index (χ0v) is 12.6. The minimum absolute atomic E-state index is 0.218. The van der Waals surface area contributed by atoms with E-state index in [2.05, 4.69) is 19.2 Å². The van der Waals surface area contributed by atoms with Gasteiger partial charge in [-0.3, -0.25) is 0 Å². The molecule has 0 saturated heterocycles. The first-order valence-corrected chi connectivity index (χ1v) is 7.69. The van der Waals surface area contributed by atoms with Crippen molar-refractivity contribution in [2.24, 2.45) is 11.3 Å². The molecular formula is C17H26FNO. The van der Waals surface area contributed by atoms with Crippen LogP contribution in [0.5, 0.6) is 5.75 Å². The van der Waals surface area contributed by atoms with Crippen LogP contribution in [-0.4, -0.2) is 11.7 Å². The second-order valence-electron chi connectivity index (χ2n) is 6.66. The van der Waals surface area contributed by atoms with E-state index in [1.54, 1.807) is 12.1 Å². The summed E-state index contributed by atoms with van der Waals surface area (Å²) < 4.78 is 13.3. The first-order chi connectivity index (χ1) is 9.52. The molecule has 2 N–H and O–H groups in total. The van der Waals surface area contributed by atoms with Crippen LogP contribution in [0.2, 0.25) is 0 Å². The van der Waals surface area contributed by atoms with Crippen molar-refractivity contribution in [3.05, 3.63) is 29.6 Å². The highest BCUT2D eigenvalue weighted by atomic mass is 19.1. The molecule has 1 fully saturated rings. The van der Waals surface area contributed by atoms with Gasteiger partial charge in [-0.2, -0.15) is 0 Å². The average Bonchev–Trinajstić information content (AvgIpc) is 2.82. The Morgan fingerprint density at radius 2 is 2.00 bits per heavy atom. The van der Waals surface area contributed by atoms with Gasteiger partial charge in [-0.05, 0) is 36.7 Å². The smallest absolute Gasteiger partial charge is 0.165 e. The topological polar surface area (TPSA) is 32.3 Å². The van der Waals surface area contributed by atoms with Crippen molar-refractivity contribution in [2.45, 2.75) is 52.5 Å². The Morgan fingerprint density at radius 1 is 1.30 bits per heavy atom. The normalized spacial score (nSPS) is 17.8. The molecule has 2 nitrogen and oxygen atoms in total. The van der Waals surface area contributed by atoms with E-state index in [9.17, 15) is 9.50 Å². The summed E-state index contributed by atoms with van der Waals surface area (Å²) >= 11 is 0. The Morgan fingerprint density at radius 3 is 2.65 bits per heavy atom. The molecule has 1 saturated carbocycles. The lowest BCUT2D eigenvalue weighted by atomic mass is 9.78. The summed E-state index contributed by atoms with van der Waals surface area (Å²) in [5, 5.41) is 13.1. The first-order valence-electron chi connectivity index (χ1n) is 7.69. The van der Waals surface area contributed by atoms with Crippen LogP contribution >= 0.6 is 0 Å². The molecule has 0 bridgehead atoms. The van der Waals surface area contributed by atoms with Crippen molar-refractivity contribution < 1.29 is 9.50 Å². The van der Waals surface area contributed by atoms with Gasteiger partial charge in [0.05, 0.1) is 0 Å². The third-order valence-electron chi connectivity index (χ3n) is 4.39. The summed E-state index contributed by atoms with van der Waals surface area (Å²) in [5.41, 5.74) is 1.04. The van der Waals surface area contributed by atoms with Crippen molar-refractivity contribution >= 4 is 0 Å². The van der Waals surface area contributed by atoms with Crippen LogP contribution in [0.3, 0.4) is 0 Å². The van der Waals surface area contributed by atoms with E-state index in [0.29, 0.717) is 23.4 Å². The molecule has 1 aliphatic rings. The van der Waals surface area contributed by atoms with Crippen molar-refractivity contribution in [1.29, 1.82) is 0 Å². The molecule has 0 radical (unpaired) electrons. The maximum atomic E-state index is 13.3. The lowest BCUT2D eigenvalue weighted by molar-refractivity contribution is 0.223. The third-order valence-corrected chi connectivity index (χ3v) is 4.39. The van der Waals surface area contributed by atoms with Gasteiger partial charge in [0.25, 0.3) is 0 Å². The Bertz CT molecular complexity index is 439. The number of hydrogen-bond donors (Lipinski definition) is 2. The minimum Gasteiger partial charge on any atom is -0.505 e. The van der Waals surface area contributed by atoms with Crippen LogP contribution in [0.15, 0.2) is 18.2 Å². The standard InChI is InChI=1S/C17H26FNO/c1-13(2)10-17(8-3-4-9-17)12-19-11-14-6-5-7-15(18)16(14)20/h5-7,13,19-20H,3-4,8-12H2,1-2H3. The van der Waals surface area contributed by atoms with Crippen LogP contribution in [-0.2, 0) is 6.54 Å². The van der Waals surface area contributed by atoms with Crippen molar-refractivity contribution in [2.75, 3.05) is 6.54 Å². The van der Waals surface area contributed by atoms with Gasteiger partial charge in [-0.15, -0.1) is 0 Å². The molecule has 0 aromatic heterocycles. The summed E-state index contributed by atoms with van der Waals surface area (Å²) in [6.45, 7) is 6.04. The molecule has 1 aromatic rings. The molecule has 0 unspecified atom stereocenters. The predicted molar refractivity (Wildman–Crippen MR) is 80.1 cm³/mol. The Hall–Kier alpha value is -1.09. The van der Waals surface area contributed by atoms with Crippen molar-refractivity contribution in [1.82, 2.24) is 5.32 Å². The Balaban J connectivity index is 1.92. The number of rotatable bonds is 6. The van der Waals surface area contributed by atoms with E-state index in [4.69, 9.17) is 0 Å². The Labute approximate surface area is 121 Å². The SMILES string of the molecule is CC(C)CC1(CNCc2cccc(F)c2O)CCCC1. The van der Waals surface area contributed by atoms with Crippen LogP contribution in [0, 0.1) is 17.2 Å². The predicted octanol–water partition coefficient (Wildman–Crippen LogP) is 4.23. The molecule has 0 atom stereocenters. The molecule has 1 aromatic carbocycles. The molecule has 20 heavy (non-hydrogen) atoms. The monoisotopic (exact) mass is 279 g/mol. The van der Waals surface area contributed by atoms with E-state index in [-0.39, 0.29) is 5.75 Å². The number of phenolic OH excluding ortho intramolecular Hbond substituents is 1. The number of para-hydroxylation sites is 1. The van der Waals surface area contributed by atoms with E-state index >= 15 is 0 Å². The fourth-order valence-corrected chi connectivity index (χ4v) is 3.61. The second kappa shape index (κ2) is 6.57. The lowest BCUT2D eigenvalue weighted by Crippen LogP contribution is -2.33. The summed E-state index contributed by atoms with van der Waals surface area (Å²) in [6, 6.07) is 4.71. The zero-order chi connectivity index (χ0) is 14.6. The summed E-state index contributed by atoms with van der Waals surface area (Å²) in [6.07, 6.45) is 6.45. The van der Waals surface area contributed by atoms with Gasteiger partial charge >= 0.3 is 0 Å². The van der Waals surface area contributed by atoms with Gasteiger partial charge in [-0.25, -0.2) is 4.39 Å². The van der Waals surface area contributed by atoms with E-state index in [0.717, 1.165) is 6.54 Å². The van der Waals surface area contributed by atoms with Crippen LogP contribution in [0.4, 0.5) is 4.39 Å². The number of halogens is 1. The summed E-state index contributed by atoms with van der Waals surface area (Å²) in [5.74, 6) is -0.0520. The van der Waals surface area contributed by atoms with Gasteiger partial charge in [-0.1, -0.05) is 38.8 Å². The molecule has 2 rings (SSSR count). The fraction of sp³-hybridized carbons (Fsp3) is 0.647. The molecule has 3 heteroatoms. The molecular weight excluding hydrogens is 253 g/mol. The second-order valence-corrected chi connectivity index (χ2v) is 6.66. The summed E-state index contributed by atoms with van der Waals surface area (Å²) in [4.78, 5) is 0. The van der Waals surface area contributed by atoms with Gasteiger partial charge in [0.15, 0.2) is 11.6 Å². The number of aromatic hydroxyl groups is 1. The highest BCUT2D eigenvalue weighted by Crippen LogP contribution is 2.42. The molecule has 0 amide bonds. The highest BCUT2D eigenvalue weighted by Gasteiger charge is 2.33. The maximum absolute atomic E-state index is 13.3. The van der Waals surface area contributed by atoms with Gasteiger partial charge in [0.2, 0.25) is 0 Å². The zero-order valence-electron chi connectivity index (χ0n) is 12.6. The Kier molecular flexibility index (Phi) is 5.03. The number of nitrogens with one attached hydrogen (secondary N) is 1. The fourth-order valence-electron chi connectivity index (χ4n) is 3.61. The quantitative estimate of drug-likeness (QED) is 0.817. The van der Waals surface area contributed by atoms with Crippen LogP contribution in [0.25, 0.3) is 0 Å². The van der Waals surface area contributed by atoms with Crippen LogP contribution in [0.1, 0.15) is 51.5 Å². The molecule has 112 valence electrons. The lowest BCUT2D eigenvalue weighted by Gasteiger charge is -2.31. The van der Waals surface area contributed by atoms with E-state index in [1.165, 1.54) is 38.2 Å². The number of phenols is 1.